The van der Waals surface area contributed by atoms with Gasteiger partial charge in [-0.25, -0.2) is 0 Å². The van der Waals surface area contributed by atoms with Crippen LogP contribution in [0, 0.1) is 10.1 Å². The first-order chi connectivity index (χ1) is 9.88. The van der Waals surface area contributed by atoms with E-state index in [1.54, 1.807) is 31.2 Å². The molecule has 0 aliphatic carbocycles. The maximum absolute atomic E-state index is 10.9. The molecule has 0 spiro atoms. The van der Waals surface area contributed by atoms with Crippen LogP contribution >= 0.6 is 11.6 Å². The lowest BCUT2D eigenvalue weighted by atomic mass is 10.0. The second-order valence-electron chi connectivity index (χ2n) is 4.56. The Balaban J connectivity index is 2.15. The van der Waals surface area contributed by atoms with E-state index in [1.165, 1.54) is 10.9 Å². The van der Waals surface area contributed by atoms with E-state index in [9.17, 15) is 14.9 Å². The highest BCUT2D eigenvalue weighted by molar-refractivity contribution is 6.32. The first-order valence-corrected chi connectivity index (χ1v) is 6.45. The van der Waals surface area contributed by atoms with E-state index in [4.69, 9.17) is 16.7 Å². The first kappa shape index (κ1) is 15.0. The van der Waals surface area contributed by atoms with Crippen molar-refractivity contribution in [1.29, 1.82) is 0 Å². The Morgan fingerprint density at radius 1 is 1.48 bits per heavy atom. The molecule has 1 atom stereocenters. The van der Waals surface area contributed by atoms with Crippen LogP contribution in [0.15, 0.2) is 30.5 Å². The highest BCUT2D eigenvalue weighted by Gasteiger charge is 2.19. The Kier molecular flexibility index (Phi) is 4.23. The van der Waals surface area contributed by atoms with E-state index < -0.39 is 16.8 Å². The quantitative estimate of drug-likeness (QED) is 0.676. The van der Waals surface area contributed by atoms with Crippen molar-refractivity contribution in [2.75, 3.05) is 0 Å². The molecule has 21 heavy (non-hydrogen) atoms. The minimum atomic E-state index is -0.891. The molecule has 0 saturated heterocycles. The van der Waals surface area contributed by atoms with Crippen LogP contribution in [0.2, 0.25) is 5.02 Å². The molecule has 7 nitrogen and oxygen atoms in total. The van der Waals surface area contributed by atoms with Gasteiger partial charge in [-0.1, -0.05) is 35.9 Å². The molecule has 0 saturated carbocycles. The Morgan fingerprint density at radius 3 is 2.57 bits per heavy atom. The maximum atomic E-state index is 10.9. The van der Waals surface area contributed by atoms with Crippen molar-refractivity contribution in [3.63, 3.8) is 0 Å². The van der Waals surface area contributed by atoms with Crippen molar-refractivity contribution in [3.8, 4) is 0 Å². The molecule has 110 valence electrons. The van der Waals surface area contributed by atoms with Gasteiger partial charge < -0.3 is 15.2 Å². The highest BCUT2D eigenvalue weighted by Crippen LogP contribution is 2.22. The second-order valence-corrected chi connectivity index (χ2v) is 4.96. The molecule has 2 rings (SSSR count). The largest absolute Gasteiger partial charge is 0.481 e. The number of aliphatic carboxylic acids is 1. The number of carboxylic acid groups (broad SMARTS) is 1. The Morgan fingerprint density at radius 2 is 2.10 bits per heavy atom. The third-order valence-electron chi connectivity index (χ3n) is 3.07. The number of benzene rings is 1. The van der Waals surface area contributed by atoms with E-state index >= 15 is 0 Å². The van der Waals surface area contributed by atoms with Gasteiger partial charge in [0.1, 0.15) is 0 Å². The SMILES string of the molecule is CC(C(=O)O)c1ccc(Cn2cc(Cl)c([N+](=O)[O-])n2)cc1. The summed E-state index contributed by atoms with van der Waals surface area (Å²) in [6.07, 6.45) is 1.38. The van der Waals surface area contributed by atoms with Gasteiger partial charge in [0.15, 0.2) is 5.02 Å². The van der Waals surface area contributed by atoms with Crippen molar-refractivity contribution in [2.24, 2.45) is 0 Å². The van der Waals surface area contributed by atoms with Crippen LogP contribution in [-0.4, -0.2) is 25.8 Å². The predicted molar refractivity (Wildman–Crippen MR) is 75.5 cm³/mol. The third kappa shape index (κ3) is 3.38. The van der Waals surface area contributed by atoms with E-state index in [1.807, 2.05) is 0 Å². The number of halogens is 1. The minimum absolute atomic E-state index is 0.0175. The fraction of sp³-hybridized carbons (Fsp3) is 0.231. The number of rotatable bonds is 5. The van der Waals surface area contributed by atoms with Crippen molar-refractivity contribution >= 4 is 23.4 Å². The van der Waals surface area contributed by atoms with Gasteiger partial charge in [-0.15, -0.1) is 0 Å². The van der Waals surface area contributed by atoms with Crippen LogP contribution in [0.5, 0.6) is 0 Å². The summed E-state index contributed by atoms with van der Waals surface area (Å²) < 4.78 is 1.37. The van der Waals surface area contributed by atoms with Crippen LogP contribution in [0.4, 0.5) is 5.82 Å². The van der Waals surface area contributed by atoms with E-state index in [-0.39, 0.29) is 10.8 Å². The number of aromatic nitrogens is 2. The predicted octanol–water partition coefficient (Wildman–Crippen LogP) is 2.68. The van der Waals surface area contributed by atoms with Crippen molar-refractivity contribution < 1.29 is 14.8 Å². The Bertz CT molecular complexity index is 681. The van der Waals surface area contributed by atoms with Gasteiger partial charge >= 0.3 is 11.8 Å². The molecule has 0 aliphatic heterocycles. The summed E-state index contributed by atoms with van der Waals surface area (Å²) in [5.41, 5.74) is 1.53. The first-order valence-electron chi connectivity index (χ1n) is 6.07. The van der Waals surface area contributed by atoms with Gasteiger partial charge in [0.2, 0.25) is 0 Å². The number of hydrogen-bond acceptors (Lipinski definition) is 4. The van der Waals surface area contributed by atoms with Crippen LogP contribution < -0.4 is 0 Å². The number of nitro groups is 1. The number of nitrogens with zero attached hydrogens (tertiary/aromatic N) is 3. The van der Waals surface area contributed by atoms with E-state index in [0.29, 0.717) is 12.1 Å². The minimum Gasteiger partial charge on any atom is -0.481 e. The number of hydrogen-bond donors (Lipinski definition) is 1. The summed E-state index contributed by atoms with van der Waals surface area (Å²) in [5, 5.41) is 23.4. The molecule has 1 heterocycles. The number of carbonyl (C=O) groups is 1. The van der Waals surface area contributed by atoms with E-state index in [2.05, 4.69) is 5.10 Å². The zero-order valence-electron chi connectivity index (χ0n) is 11.1. The van der Waals surface area contributed by atoms with Crippen LogP contribution in [0.1, 0.15) is 24.0 Å². The summed E-state index contributed by atoms with van der Waals surface area (Å²) in [6, 6.07) is 6.95. The van der Waals surface area contributed by atoms with Gasteiger partial charge in [0.25, 0.3) is 0 Å². The lowest BCUT2D eigenvalue weighted by Gasteiger charge is -2.07. The summed E-state index contributed by atoms with van der Waals surface area (Å²) in [5.74, 6) is -1.86. The molecule has 1 aromatic heterocycles. The smallest absolute Gasteiger partial charge is 0.408 e. The topological polar surface area (TPSA) is 98.3 Å². The molecule has 0 amide bonds. The van der Waals surface area contributed by atoms with Crippen LogP contribution in [-0.2, 0) is 11.3 Å². The molecule has 1 aromatic carbocycles. The standard InChI is InChI=1S/C13H12ClN3O4/c1-8(13(18)19)10-4-2-9(3-5-10)6-16-7-11(14)12(15-16)17(20)21/h2-5,7-8H,6H2,1H3,(H,18,19). The maximum Gasteiger partial charge on any atom is 0.408 e. The molecular weight excluding hydrogens is 298 g/mol. The summed E-state index contributed by atoms with van der Waals surface area (Å²) in [4.78, 5) is 20.9. The lowest BCUT2D eigenvalue weighted by Crippen LogP contribution is -2.07. The van der Waals surface area contributed by atoms with Crippen LogP contribution in [0.25, 0.3) is 0 Å². The van der Waals surface area contributed by atoms with Gasteiger partial charge in [-0.3, -0.25) is 4.79 Å². The van der Waals surface area contributed by atoms with Crippen molar-refractivity contribution in [3.05, 3.63) is 56.7 Å². The fourth-order valence-corrected chi connectivity index (χ4v) is 2.05. The molecule has 2 aromatic rings. The molecule has 8 heteroatoms. The number of carboxylic acids is 1. The molecule has 1 N–H and O–H groups in total. The Hall–Kier alpha value is -2.41. The van der Waals surface area contributed by atoms with Crippen molar-refractivity contribution in [2.45, 2.75) is 19.4 Å². The van der Waals surface area contributed by atoms with Gasteiger partial charge in [-0.05, 0) is 23.0 Å². The van der Waals surface area contributed by atoms with Gasteiger partial charge in [0, 0.05) is 0 Å². The monoisotopic (exact) mass is 309 g/mol. The zero-order valence-corrected chi connectivity index (χ0v) is 11.8. The average molecular weight is 310 g/mol. The second kappa shape index (κ2) is 5.92. The molecule has 0 aliphatic rings. The van der Waals surface area contributed by atoms with E-state index in [0.717, 1.165) is 5.56 Å². The Labute approximate surface area is 124 Å². The normalized spacial score (nSPS) is 12.1. The summed E-state index contributed by atoms with van der Waals surface area (Å²) in [7, 11) is 0. The fourth-order valence-electron chi connectivity index (χ4n) is 1.83. The zero-order chi connectivity index (χ0) is 15.6. The molecule has 0 bridgehead atoms. The highest BCUT2D eigenvalue weighted by atomic mass is 35.5. The van der Waals surface area contributed by atoms with Crippen molar-refractivity contribution in [1.82, 2.24) is 9.78 Å². The van der Waals surface area contributed by atoms with Gasteiger partial charge in [-0.2, -0.15) is 4.68 Å². The summed E-state index contributed by atoms with van der Waals surface area (Å²) >= 11 is 5.72. The average Bonchev–Trinajstić information content (AvgIpc) is 2.79. The summed E-state index contributed by atoms with van der Waals surface area (Å²) in [6.45, 7) is 1.92. The molecule has 0 fully saturated rings. The van der Waals surface area contributed by atoms with Crippen LogP contribution in [0.3, 0.4) is 0 Å². The lowest BCUT2D eigenvalue weighted by molar-refractivity contribution is -0.389. The molecule has 0 radical (unpaired) electrons. The van der Waals surface area contributed by atoms with Gasteiger partial charge in [0.05, 0.1) is 23.8 Å². The molecule has 1 unspecified atom stereocenters. The molecular formula is C13H12ClN3O4. The third-order valence-corrected chi connectivity index (χ3v) is 3.33.